The van der Waals surface area contributed by atoms with Crippen LogP contribution in [0.4, 0.5) is 0 Å². The molecule has 0 aromatic heterocycles. The first-order valence-electron chi connectivity index (χ1n) is 2.38. The number of halogens is 1. The van der Waals surface area contributed by atoms with Crippen LogP contribution in [0.15, 0.2) is 30.3 Å². The molecule has 3 heteroatoms. The maximum Gasteiger partial charge on any atom is 0.0991 e. The molecule has 1 aromatic rings. The van der Waals surface area contributed by atoms with Gasteiger partial charge in [0.05, 0.1) is 11.6 Å². The highest BCUT2D eigenvalue weighted by atomic mass is 35.5. The molecule has 0 fully saturated rings. The number of hydrogen-bond acceptors (Lipinski definition) is 2. The van der Waals surface area contributed by atoms with Crippen LogP contribution in [0.5, 0.6) is 0 Å². The molecular weight excluding hydrogens is 148 g/mol. The van der Waals surface area contributed by atoms with E-state index in [1.807, 2.05) is 24.3 Å². The highest BCUT2D eigenvalue weighted by Gasteiger charge is 1.79. The summed E-state index contributed by atoms with van der Waals surface area (Å²) in [6.07, 6.45) is 0. The van der Waals surface area contributed by atoms with Crippen molar-refractivity contribution < 1.29 is 0 Å². The van der Waals surface area contributed by atoms with Gasteiger partial charge in [-0.25, -0.2) is 0 Å². The average Bonchev–Trinajstić information content (AvgIpc) is 1.90. The summed E-state index contributed by atoms with van der Waals surface area (Å²) >= 11 is 0. The number of benzene rings is 1. The van der Waals surface area contributed by atoms with E-state index in [-0.39, 0.29) is 18.6 Å². The van der Waals surface area contributed by atoms with Gasteiger partial charge in [0.1, 0.15) is 0 Å². The van der Waals surface area contributed by atoms with Crippen LogP contribution in [-0.2, 0) is 0 Å². The number of rotatable bonds is 0. The van der Waals surface area contributed by atoms with Crippen LogP contribution in [0.2, 0.25) is 0 Å². The quantitative estimate of drug-likeness (QED) is 0.626. The summed E-state index contributed by atoms with van der Waals surface area (Å²) in [6, 6.07) is 11.2. The highest BCUT2D eigenvalue weighted by molar-refractivity contribution is 5.85. The summed E-state index contributed by atoms with van der Waals surface area (Å²) in [6.45, 7) is 0. The van der Waals surface area contributed by atoms with Crippen LogP contribution in [0.3, 0.4) is 0 Å². The van der Waals surface area contributed by atoms with Crippen molar-refractivity contribution in [3.63, 3.8) is 0 Å². The molecule has 0 saturated heterocycles. The lowest BCUT2D eigenvalue weighted by molar-refractivity contribution is 1.49. The van der Waals surface area contributed by atoms with Crippen molar-refractivity contribution in [2.45, 2.75) is 0 Å². The van der Waals surface area contributed by atoms with E-state index >= 15 is 0 Å². The smallest absolute Gasteiger partial charge is 0.0991 e. The lowest BCUT2D eigenvalue weighted by Gasteiger charge is -1.80. The predicted octanol–water partition coefficient (Wildman–Crippen LogP) is 2.14. The second kappa shape index (κ2) is 6.09. The summed E-state index contributed by atoms with van der Waals surface area (Å²) in [5.41, 5.74) is 0.715. The molecule has 0 aliphatic carbocycles. The third-order valence-electron chi connectivity index (χ3n) is 0.903. The molecule has 0 aliphatic heterocycles. The van der Waals surface area contributed by atoms with Crippen molar-refractivity contribution in [2.75, 3.05) is 0 Å². The Morgan fingerprint density at radius 1 is 1.10 bits per heavy atom. The van der Waals surface area contributed by atoms with Crippen molar-refractivity contribution in [1.82, 2.24) is 6.15 Å². The molecule has 1 aromatic carbocycles. The van der Waals surface area contributed by atoms with Crippen molar-refractivity contribution >= 4 is 12.4 Å². The molecule has 2 nitrogen and oxygen atoms in total. The van der Waals surface area contributed by atoms with Gasteiger partial charge in [-0.05, 0) is 12.1 Å². The fraction of sp³-hybridized carbons (Fsp3) is 0. The molecule has 3 N–H and O–H groups in total. The molecule has 0 radical (unpaired) electrons. The number of nitrogens with zero attached hydrogens (tertiary/aromatic N) is 1. The van der Waals surface area contributed by atoms with Crippen LogP contribution >= 0.6 is 12.4 Å². The third-order valence-corrected chi connectivity index (χ3v) is 0.903. The van der Waals surface area contributed by atoms with Gasteiger partial charge in [-0.15, -0.1) is 12.4 Å². The summed E-state index contributed by atoms with van der Waals surface area (Å²) < 4.78 is 0. The maximum atomic E-state index is 8.29. The molecule has 0 spiro atoms. The van der Waals surface area contributed by atoms with E-state index in [4.69, 9.17) is 5.26 Å². The minimum absolute atomic E-state index is 0. The van der Waals surface area contributed by atoms with Crippen LogP contribution in [0, 0.1) is 11.3 Å². The van der Waals surface area contributed by atoms with E-state index in [0.29, 0.717) is 5.56 Å². The molecule has 0 heterocycles. The third kappa shape index (κ3) is 3.08. The summed E-state index contributed by atoms with van der Waals surface area (Å²) in [7, 11) is 0. The van der Waals surface area contributed by atoms with E-state index in [0.717, 1.165) is 0 Å². The Morgan fingerprint density at radius 3 is 1.90 bits per heavy atom. The van der Waals surface area contributed by atoms with Crippen LogP contribution in [-0.4, -0.2) is 0 Å². The highest BCUT2D eigenvalue weighted by Crippen LogP contribution is 1.92. The van der Waals surface area contributed by atoms with Gasteiger partial charge in [0.25, 0.3) is 0 Å². The first-order chi connectivity index (χ1) is 3.93. The Morgan fingerprint density at radius 2 is 1.60 bits per heavy atom. The number of hydrogen-bond donors (Lipinski definition) is 1. The van der Waals surface area contributed by atoms with Gasteiger partial charge in [-0.3, -0.25) is 0 Å². The van der Waals surface area contributed by atoms with Gasteiger partial charge in [0.2, 0.25) is 0 Å². The van der Waals surface area contributed by atoms with E-state index < -0.39 is 0 Å². The normalized spacial score (nSPS) is 6.30. The molecule has 0 amide bonds. The molecule has 0 aliphatic rings. The minimum atomic E-state index is 0. The molecule has 54 valence electrons. The maximum absolute atomic E-state index is 8.29. The SMILES string of the molecule is Cl.N.N#Cc1ccccc1. The molecular formula is C7H9ClN2. The molecule has 0 unspecified atom stereocenters. The average molecular weight is 157 g/mol. The van der Waals surface area contributed by atoms with Crippen molar-refractivity contribution in [3.05, 3.63) is 35.9 Å². The summed E-state index contributed by atoms with van der Waals surface area (Å²) in [5.74, 6) is 0. The van der Waals surface area contributed by atoms with Gasteiger partial charge in [-0.1, -0.05) is 18.2 Å². The zero-order valence-corrected chi connectivity index (χ0v) is 6.27. The Labute approximate surface area is 66.5 Å². The molecule has 0 atom stereocenters. The Kier molecular flexibility index (Phi) is 7.13. The zero-order valence-electron chi connectivity index (χ0n) is 5.45. The van der Waals surface area contributed by atoms with Crippen LogP contribution in [0.25, 0.3) is 0 Å². The molecule has 0 saturated carbocycles. The second-order valence-corrected chi connectivity index (χ2v) is 1.48. The van der Waals surface area contributed by atoms with Gasteiger partial charge in [-0.2, -0.15) is 5.26 Å². The molecule has 1 rings (SSSR count). The first-order valence-corrected chi connectivity index (χ1v) is 2.38. The van der Waals surface area contributed by atoms with Gasteiger partial charge >= 0.3 is 0 Å². The zero-order chi connectivity index (χ0) is 5.82. The molecule has 10 heavy (non-hydrogen) atoms. The van der Waals surface area contributed by atoms with Crippen LogP contribution in [0.1, 0.15) is 5.56 Å². The fourth-order valence-corrected chi connectivity index (χ4v) is 0.513. The van der Waals surface area contributed by atoms with Crippen molar-refractivity contribution in [1.29, 1.82) is 5.26 Å². The van der Waals surface area contributed by atoms with E-state index in [9.17, 15) is 0 Å². The van der Waals surface area contributed by atoms with E-state index in [1.54, 1.807) is 12.1 Å². The van der Waals surface area contributed by atoms with Crippen molar-refractivity contribution in [2.24, 2.45) is 0 Å². The topological polar surface area (TPSA) is 58.8 Å². The van der Waals surface area contributed by atoms with Gasteiger partial charge < -0.3 is 6.15 Å². The van der Waals surface area contributed by atoms with Gasteiger partial charge in [0, 0.05) is 0 Å². The second-order valence-electron chi connectivity index (χ2n) is 1.48. The predicted molar refractivity (Wildman–Crippen MR) is 43.4 cm³/mol. The monoisotopic (exact) mass is 156 g/mol. The van der Waals surface area contributed by atoms with Crippen LogP contribution < -0.4 is 6.15 Å². The lowest BCUT2D eigenvalue weighted by atomic mass is 10.2. The van der Waals surface area contributed by atoms with E-state index in [1.165, 1.54) is 0 Å². The Balaban J connectivity index is 0. The summed E-state index contributed by atoms with van der Waals surface area (Å²) in [5, 5.41) is 8.29. The number of nitriles is 1. The fourth-order valence-electron chi connectivity index (χ4n) is 0.513. The Hall–Kier alpha value is -1.04. The van der Waals surface area contributed by atoms with Gasteiger partial charge in [0.15, 0.2) is 0 Å². The standard InChI is InChI=1S/C7H5N.ClH.H3N/c8-6-7-4-2-1-3-5-7;;/h1-5H;1H;1H3. The molecule has 0 bridgehead atoms. The van der Waals surface area contributed by atoms with Crippen molar-refractivity contribution in [3.8, 4) is 6.07 Å². The first kappa shape index (κ1) is 11.7. The minimum Gasteiger partial charge on any atom is -0.344 e. The largest absolute Gasteiger partial charge is 0.344 e. The lowest BCUT2D eigenvalue weighted by Crippen LogP contribution is -1.66. The van der Waals surface area contributed by atoms with E-state index in [2.05, 4.69) is 0 Å². The Bertz CT molecular complexity index is 203. The summed E-state index contributed by atoms with van der Waals surface area (Å²) in [4.78, 5) is 0.